The van der Waals surface area contributed by atoms with Gasteiger partial charge in [-0.05, 0) is 81.8 Å². The average Bonchev–Trinajstić information content (AvgIpc) is 3.53. The Hall–Kier alpha value is -5.83. The second-order valence-corrected chi connectivity index (χ2v) is 11.1. The number of hydrogen-bond donors (Lipinski definition) is 2. The van der Waals surface area contributed by atoms with Gasteiger partial charge in [0.15, 0.2) is 11.5 Å². The van der Waals surface area contributed by atoms with Gasteiger partial charge >= 0.3 is 5.97 Å². The van der Waals surface area contributed by atoms with Crippen LogP contribution in [0.3, 0.4) is 0 Å². The fourth-order valence-corrected chi connectivity index (χ4v) is 5.78. The molecule has 46 heavy (non-hydrogen) atoms. The van der Waals surface area contributed by atoms with E-state index in [0.29, 0.717) is 57.4 Å². The van der Waals surface area contributed by atoms with E-state index >= 15 is 0 Å². The highest BCUT2D eigenvalue weighted by atomic mass is 16.6. The maximum absolute atomic E-state index is 14.2. The summed E-state index contributed by atoms with van der Waals surface area (Å²) in [5.74, 6) is -0.758. The SMILES string of the molecule is CCOc1cc(C(c2c(C)[nH]n(-c3ccccc3)c2=O)c2c(C)[nH]n(-c3ccccc3)c2=O)ccc1OC(=O)c1cccc(C)c1. The van der Waals surface area contributed by atoms with Crippen molar-refractivity contribution in [2.45, 2.75) is 33.6 Å². The van der Waals surface area contributed by atoms with Crippen molar-refractivity contribution in [2.24, 2.45) is 0 Å². The third kappa shape index (κ3) is 5.70. The van der Waals surface area contributed by atoms with Crippen molar-refractivity contribution in [3.05, 3.63) is 163 Å². The van der Waals surface area contributed by atoms with Crippen molar-refractivity contribution >= 4 is 5.97 Å². The zero-order valence-electron chi connectivity index (χ0n) is 26.0. The molecule has 6 rings (SSSR count). The van der Waals surface area contributed by atoms with Crippen molar-refractivity contribution in [3.8, 4) is 22.9 Å². The number of carbonyl (C=O) groups excluding carboxylic acids is 1. The van der Waals surface area contributed by atoms with Gasteiger partial charge in [-0.25, -0.2) is 14.2 Å². The molecule has 0 aliphatic rings. The molecule has 2 heterocycles. The topological polar surface area (TPSA) is 111 Å². The lowest BCUT2D eigenvalue weighted by atomic mass is 9.85. The van der Waals surface area contributed by atoms with Crippen molar-refractivity contribution in [3.63, 3.8) is 0 Å². The highest BCUT2D eigenvalue weighted by molar-refractivity contribution is 5.91. The Morgan fingerprint density at radius 3 is 1.78 bits per heavy atom. The quantitative estimate of drug-likeness (QED) is 0.145. The van der Waals surface area contributed by atoms with Gasteiger partial charge < -0.3 is 9.47 Å². The lowest BCUT2D eigenvalue weighted by Gasteiger charge is -2.19. The van der Waals surface area contributed by atoms with Gasteiger partial charge in [-0.2, -0.15) is 0 Å². The van der Waals surface area contributed by atoms with Gasteiger partial charge in [-0.1, -0.05) is 60.2 Å². The van der Waals surface area contributed by atoms with Gasteiger partial charge in [0.2, 0.25) is 0 Å². The lowest BCUT2D eigenvalue weighted by molar-refractivity contribution is 0.0728. The summed E-state index contributed by atoms with van der Waals surface area (Å²) < 4.78 is 14.7. The van der Waals surface area contributed by atoms with Crippen molar-refractivity contribution in [2.75, 3.05) is 6.61 Å². The summed E-state index contributed by atoms with van der Waals surface area (Å²) in [5.41, 5.74) is 4.78. The minimum atomic E-state index is -0.789. The highest BCUT2D eigenvalue weighted by Crippen LogP contribution is 2.38. The van der Waals surface area contributed by atoms with Crippen LogP contribution in [0.1, 0.15) is 56.8 Å². The van der Waals surface area contributed by atoms with Crippen LogP contribution < -0.4 is 20.6 Å². The Morgan fingerprint density at radius 2 is 1.26 bits per heavy atom. The molecule has 0 bridgehead atoms. The number of ether oxygens (including phenoxy) is 2. The zero-order valence-corrected chi connectivity index (χ0v) is 26.0. The first-order valence-corrected chi connectivity index (χ1v) is 15.1. The molecule has 6 aromatic rings. The molecule has 0 spiro atoms. The van der Waals surface area contributed by atoms with Crippen LogP contribution in [-0.4, -0.2) is 32.1 Å². The average molecular weight is 615 g/mol. The number of esters is 1. The maximum Gasteiger partial charge on any atom is 0.343 e. The molecule has 0 atom stereocenters. The molecule has 0 saturated carbocycles. The zero-order chi connectivity index (χ0) is 32.4. The summed E-state index contributed by atoms with van der Waals surface area (Å²) in [6, 6.07) is 30.8. The van der Waals surface area contributed by atoms with Crippen LogP contribution in [0.4, 0.5) is 0 Å². The van der Waals surface area contributed by atoms with E-state index in [0.717, 1.165) is 5.56 Å². The molecule has 0 aliphatic carbocycles. The van der Waals surface area contributed by atoms with Gasteiger partial charge in [0.25, 0.3) is 11.1 Å². The van der Waals surface area contributed by atoms with Gasteiger partial charge in [-0.15, -0.1) is 0 Å². The Labute approximate surface area is 265 Å². The smallest absolute Gasteiger partial charge is 0.343 e. The summed E-state index contributed by atoms with van der Waals surface area (Å²) in [7, 11) is 0. The number of aromatic amines is 2. The number of para-hydroxylation sites is 2. The van der Waals surface area contributed by atoms with Crippen molar-refractivity contribution in [1.29, 1.82) is 0 Å². The van der Waals surface area contributed by atoms with E-state index in [-0.39, 0.29) is 16.9 Å². The van der Waals surface area contributed by atoms with E-state index in [1.54, 1.807) is 36.4 Å². The lowest BCUT2D eigenvalue weighted by Crippen LogP contribution is -2.25. The molecule has 232 valence electrons. The highest BCUT2D eigenvalue weighted by Gasteiger charge is 2.32. The van der Waals surface area contributed by atoms with Crippen LogP contribution in [0.15, 0.2) is 113 Å². The molecule has 0 fully saturated rings. The summed E-state index contributed by atoms with van der Waals surface area (Å²) in [4.78, 5) is 41.5. The van der Waals surface area contributed by atoms with Crippen LogP contribution in [0, 0.1) is 20.8 Å². The number of carbonyl (C=O) groups is 1. The molecule has 0 radical (unpaired) electrons. The largest absolute Gasteiger partial charge is 0.490 e. The molecular formula is C37H34N4O5. The Balaban J connectivity index is 1.53. The van der Waals surface area contributed by atoms with E-state index < -0.39 is 11.9 Å². The van der Waals surface area contributed by atoms with Gasteiger partial charge in [0.05, 0.1) is 34.7 Å². The molecule has 4 aromatic carbocycles. The predicted octanol–water partition coefficient (Wildman–Crippen LogP) is 6.37. The number of benzene rings is 4. The molecule has 0 unspecified atom stereocenters. The van der Waals surface area contributed by atoms with Crippen molar-refractivity contribution in [1.82, 2.24) is 19.6 Å². The van der Waals surface area contributed by atoms with Crippen LogP contribution in [0.25, 0.3) is 11.4 Å². The van der Waals surface area contributed by atoms with Crippen LogP contribution in [-0.2, 0) is 0 Å². The minimum Gasteiger partial charge on any atom is -0.490 e. The van der Waals surface area contributed by atoms with E-state index in [4.69, 9.17) is 9.47 Å². The van der Waals surface area contributed by atoms with Crippen LogP contribution in [0.2, 0.25) is 0 Å². The number of H-pyrrole nitrogens is 2. The van der Waals surface area contributed by atoms with E-state index in [9.17, 15) is 14.4 Å². The Morgan fingerprint density at radius 1 is 0.696 bits per heavy atom. The summed E-state index contributed by atoms with van der Waals surface area (Å²) in [6.45, 7) is 7.68. The maximum atomic E-state index is 14.2. The Bertz CT molecular complexity index is 2040. The number of nitrogens with zero attached hydrogens (tertiary/aromatic N) is 2. The first kappa shape index (κ1) is 30.2. The number of aryl methyl sites for hydroxylation is 3. The van der Waals surface area contributed by atoms with E-state index in [1.165, 1.54) is 9.36 Å². The molecule has 2 aromatic heterocycles. The normalized spacial score (nSPS) is 11.2. The second kappa shape index (κ2) is 12.6. The summed E-state index contributed by atoms with van der Waals surface area (Å²) in [6.07, 6.45) is 0. The summed E-state index contributed by atoms with van der Waals surface area (Å²) >= 11 is 0. The molecule has 2 N–H and O–H groups in total. The fraction of sp³-hybridized carbons (Fsp3) is 0.162. The first-order valence-electron chi connectivity index (χ1n) is 15.1. The standard InChI is InChI=1S/C37H34N4O5/c1-5-45-31-22-26(19-20-30(31)46-37(44)27-14-12-13-23(2)21-27)34(32-24(3)38-40(35(32)42)28-15-8-6-9-16-28)33-25(4)39-41(36(33)43)29-17-10-7-11-18-29/h6-22,34,38-39H,5H2,1-4H3. The third-order valence-electron chi connectivity index (χ3n) is 7.90. The number of aromatic nitrogens is 4. The molecule has 9 nitrogen and oxygen atoms in total. The predicted molar refractivity (Wildman–Crippen MR) is 177 cm³/mol. The number of nitrogens with one attached hydrogen (secondary N) is 2. The molecule has 0 aliphatic heterocycles. The van der Waals surface area contributed by atoms with Crippen LogP contribution in [0.5, 0.6) is 11.5 Å². The Kier molecular flexibility index (Phi) is 8.31. The fourth-order valence-electron chi connectivity index (χ4n) is 5.78. The van der Waals surface area contributed by atoms with E-state index in [1.807, 2.05) is 94.4 Å². The second-order valence-electron chi connectivity index (χ2n) is 11.1. The number of hydrogen-bond acceptors (Lipinski definition) is 5. The minimum absolute atomic E-state index is 0.232. The summed E-state index contributed by atoms with van der Waals surface area (Å²) in [5, 5.41) is 6.42. The molecule has 9 heteroatoms. The van der Waals surface area contributed by atoms with E-state index in [2.05, 4.69) is 10.2 Å². The first-order chi connectivity index (χ1) is 22.3. The third-order valence-corrected chi connectivity index (χ3v) is 7.90. The van der Waals surface area contributed by atoms with Gasteiger partial charge in [0.1, 0.15) is 0 Å². The monoisotopic (exact) mass is 614 g/mol. The number of rotatable bonds is 9. The molecule has 0 amide bonds. The van der Waals surface area contributed by atoms with Gasteiger partial charge in [-0.3, -0.25) is 19.8 Å². The molecular weight excluding hydrogens is 580 g/mol. The van der Waals surface area contributed by atoms with Crippen molar-refractivity contribution < 1.29 is 14.3 Å². The van der Waals surface area contributed by atoms with Gasteiger partial charge in [0, 0.05) is 17.3 Å². The molecule has 0 saturated heterocycles. The van der Waals surface area contributed by atoms with Crippen LogP contribution >= 0.6 is 0 Å².